The second-order valence-electron chi connectivity index (χ2n) is 5.68. The van der Waals surface area contributed by atoms with Crippen molar-refractivity contribution in [3.05, 3.63) is 70.0 Å². The van der Waals surface area contributed by atoms with E-state index < -0.39 is 0 Å². The first kappa shape index (κ1) is 15.9. The predicted molar refractivity (Wildman–Crippen MR) is 89.1 cm³/mol. The van der Waals surface area contributed by atoms with Gasteiger partial charge in [0.05, 0.1) is 6.07 Å². The van der Waals surface area contributed by atoms with Crippen molar-refractivity contribution in [1.29, 1.82) is 5.26 Å². The fraction of sp³-hybridized carbons (Fsp3) is 0.200. The molecule has 0 radical (unpaired) electrons. The number of nitriles is 1. The number of carbonyl (C=O) groups is 1. The number of fused-ring (bicyclic) bond motifs is 2. The van der Waals surface area contributed by atoms with Crippen molar-refractivity contribution in [3.63, 3.8) is 0 Å². The number of benzene rings is 2. The smallest absolute Gasteiger partial charge is 0.150 e. The molecule has 0 amide bonds. The summed E-state index contributed by atoms with van der Waals surface area (Å²) >= 11 is 0. The third kappa shape index (κ3) is 2.81. The van der Waals surface area contributed by atoms with Crippen LogP contribution in [-0.2, 0) is 6.61 Å². The molecule has 120 valence electrons. The van der Waals surface area contributed by atoms with Gasteiger partial charge in [-0.25, -0.2) is 4.39 Å². The zero-order chi connectivity index (χ0) is 17.1. The summed E-state index contributed by atoms with van der Waals surface area (Å²) in [6, 6.07) is 12.0. The largest absolute Gasteiger partial charge is 0.488 e. The van der Waals surface area contributed by atoms with E-state index in [1.54, 1.807) is 18.2 Å². The molecular weight excluding hydrogens is 305 g/mol. The number of halogens is 1. The monoisotopic (exact) mass is 321 g/mol. The van der Waals surface area contributed by atoms with Gasteiger partial charge in [0.25, 0.3) is 0 Å². The van der Waals surface area contributed by atoms with E-state index in [1.807, 2.05) is 13.0 Å². The Morgan fingerprint density at radius 1 is 1.29 bits per heavy atom. The highest BCUT2D eigenvalue weighted by molar-refractivity contribution is 5.89. The van der Waals surface area contributed by atoms with Crippen LogP contribution in [0.5, 0.6) is 5.75 Å². The quantitative estimate of drug-likeness (QED) is 0.610. The maximum Gasteiger partial charge on any atom is 0.150 e. The van der Waals surface area contributed by atoms with Crippen molar-refractivity contribution in [2.75, 3.05) is 0 Å². The fourth-order valence-electron chi connectivity index (χ4n) is 2.98. The predicted octanol–water partition coefficient (Wildman–Crippen LogP) is 4.66. The van der Waals surface area contributed by atoms with Gasteiger partial charge in [0.1, 0.15) is 24.5 Å². The van der Waals surface area contributed by atoms with Gasteiger partial charge in [0.15, 0.2) is 0 Å². The van der Waals surface area contributed by atoms with Crippen molar-refractivity contribution in [2.24, 2.45) is 0 Å². The van der Waals surface area contributed by atoms with Crippen LogP contribution in [0.1, 0.15) is 46.8 Å². The van der Waals surface area contributed by atoms with Crippen molar-refractivity contribution in [1.82, 2.24) is 0 Å². The van der Waals surface area contributed by atoms with Gasteiger partial charge in [-0.1, -0.05) is 25.5 Å². The van der Waals surface area contributed by atoms with Gasteiger partial charge in [-0.15, -0.1) is 0 Å². The molecule has 4 heteroatoms. The summed E-state index contributed by atoms with van der Waals surface area (Å²) in [5.74, 6) is 0.0272. The second kappa shape index (κ2) is 6.67. The molecule has 1 aliphatic heterocycles. The Balaban J connectivity index is 2.33. The van der Waals surface area contributed by atoms with E-state index in [-0.39, 0.29) is 12.4 Å². The van der Waals surface area contributed by atoms with Crippen LogP contribution in [0.4, 0.5) is 4.39 Å². The zero-order valence-electron chi connectivity index (χ0n) is 13.3. The minimum absolute atomic E-state index is 0.224. The number of hydrogen-bond acceptors (Lipinski definition) is 3. The van der Waals surface area contributed by atoms with Gasteiger partial charge < -0.3 is 4.74 Å². The maximum atomic E-state index is 13.6. The normalized spacial score (nSPS) is 14.5. The first-order chi connectivity index (χ1) is 11.7. The molecule has 0 spiro atoms. The van der Waals surface area contributed by atoms with E-state index in [1.165, 1.54) is 12.1 Å². The molecular formula is C20H16FNO2. The van der Waals surface area contributed by atoms with Crippen LogP contribution in [0.15, 0.2) is 42.0 Å². The molecule has 0 atom stereocenters. The Morgan fingerprint density at radius 2 is 2.08 bits per heavy atom. The molecule has 0 saturated heterocycles. The summed E-state index contributed by atoms with van der Waals surface area (Å²) in [6.45, 7) is 2.23. The van der Waals surface area contributed by atoms with Gasteiger partial charge in [0, 0.05) is 28.3 Å². The summed E-state index contributed by atoms with van der Waals surface area (Å²) < 4.78 is 19.4. The van der Waals surface area contributed by atoms with Crippen LogP contribution in [-0.4, -0.2) is 6.29 Å². The number of aldehydes is 1. The summed E-state index contributed by atoms with van der Waals surface area (Å²) in [5, 5.41) is 9.63. The summed E-state index contributed by atoms with van der Waals surface area (Å²) in [7, 11) is 0. The van der Waals surface area contributed by atoms with Crippen LogP contribution in [0.25, 0.3) is 5.57 Å². The topological polar surface area (TPSA) is 50.1 Å². The standard InChI is InChI=1S/C20H16FNO2/c1-2-3-14(10-22)20-17-6-4-13(11-23)8-15(17)12-24-19-9-16(21)5-7-18(19)20/h4-9,11H,2-3,12H2,1H3. The molecule has 0 saturated carbocycles. The van der Waals surface area contributed by atoms with E-state index in [4.69, 9.17) is 4.74 Å². The Bertz CT molecular complexity index is 878. The number of hydrogen-bond donors (Lipinski definition) is 0. The molecule has 0 fully saturated rings. The average molecular weight is 321 g/mol. The minimum atomic E-state index is -0.387. The van der Waals surface area contributed by atoms with Gasteiger partial charge in [-0.2, -0.15) is 5.26 Å². The zero-order valence-corrected chi connectivity index (χ0v) is 13.3. The SMILES string of the molecule is CCCC(C#N)=C1c2ccc(C=O)cc2COc2cc(F)ccc21. The maximum absolute atomic E-state index is 13.6. The third-order valence-corrected chi connectivity index (χ3v) is 4.07. The Kier molecular flexibility index (Phi) is 4.43. The average Bonchev–Trinajstić information content (AvgIpc) is 2.75. The number of nitrogens with zero attached hydrogens (tertiary/aromatic N) is 1. The van der Waals surface area contributed by atoms with Crippen LogP contribution in [0.2, 0.25) is 0 Å². The molecule has 0 N–H and O–H groups in total. The van der Waals surface area contributed by atoms with Crippen LogP contribution in [0, 0.1) is 17.1 Å². The lowest BCUT2D eigenvalue weighted by Crippen LogP contribution is -1.98. The highest BCUT2D eigenvalue weighted by atomic mass is 19.1. The van der Waals surface area contributed by atoms with E-state index in [0.29, 0.717) is 28.9 Å². The molecule has 2 aromatic carbocycles. The Hall–Kier alpha value is -2.93. The number of allylic oxidation sites excluding steroid dienone is 1. The molecule has 1 heterocycles. The van der Waals surface area contributed by atoms with Gasteiger partial charge in [-0.05, 0) is 35.7 Å². The van der Waals surface area contributed by atoms with E-state index in [9.17, 15) is 14.4 Å². The van der Waals surface area contributed by atoms with Crippen LogP contribution < -0.4 is 4.74 Å². The molecule has 2 aromatic rings. The highest BCUT2D eigenvalue weighted by Gasteiger charge is 2.23. The molecule has 0 bridgehead atoms. The summed E-state index contributed by atoms with van der Waals surface area (Å²) in [6.07, 6.45) is 2.22. The Labute approximate surface area is 140 Å². The first-order valence-corrected chi connectivity index (χ1v) is 7.82. The van der Waals surface area contributed by atoms with E-state index in [0.717, 1.165) is 29.4 Å². The summed E-state index contributed by atoms with van der Waals surface area (Å²) in [5.41, 5.74) is 4.32. The molecule has 0 aromatic heterocycles. The lowest BCUT2D eigenvalue weighted by Gasteiger charge is -2.13. The van der Waals surface area contributed by atoms with E-state index in [2.05, 4.69) is 6.07 Å². The van der Waals surface area contributed by atoms with Crippen LogP contribution in [0.3, 0.4) is 0 Å². The second-order valence-corrected chi connectivity index (χ2v) is 5.68. The molecule has 24 heavy (non-hydrogen) atoms. The third-order valence-electron chi connectivity index (χ3n) is 4.07. The summed E-state index contributed by atoms with van der Waals surface area (Å²) in [4.78, 5) is 11.1. The van der Waals surface area contributed by atoms with Crippen molar-refractivity contribution < 1.29 is 13.9 Å². The van der Waals surface area contributed by atoms with Crippen molar-refractivity contribution in [2.45, 2.75) is 26.4 Å². The molecule has 1 aliphatic rings. The first-order valence-electron chi connectivity index (χ1n) is 7.82. The number of carbonyl (C=O) groups excluding carboxylic acids is 1. The lowest BCUT2D eigenvalue weighted by molar-refractivity contribution is 0.112. The number of rotatable bonds is 3. The lowest BCUT2D eigenvalue weighted by atomic mass is 9.88. The van der Waals surface area contributed by atoms with Gasteiger partial charge >= 0.3 is 0 Å². The molecule has 0 unspecified atom stereocenters. The van der Waals surface area contributed by atoms with E-state index >= 15 is 0 Å². The molecule has 3 nitrogen and oxygen atoms in total. The minimum Gasteiger partial charge on any atom is -0.488 e. The van der Waals surface area contributed by atoms with Gasteiger partial charge in [0.2, 0.25) is 0 Å². The van der Waals surface area contributed by atoms with Crippen LogP contribution >= 0.6 is 0 Å². The number of ether oxygens (including phenoxy) is 1. The molecule has 3 rings (SSSR count). The van der Waals surface area contributed by atoms with Crippen molar-refractivity contribution in [3.8, 4) is 11.8 Å². The molecule has 0 aliphatic carbocycles. The Morgan fingerprint density at radius 3 is 2.79 bits per heavy atom. The van der Waals surface area contributed by atoms with Gasteiger partial charge in [-0.3, -0.25) is 4.79 Å². The van der Waals surface area contributed by atoms with Crippen molar-refractivity contribution >= 4 is 11.9 Å². The highest BCUT2D eigenvalue weighted by Crippen LogP contribution is 2.40. The fourth-order valence-corrected chi connectivity index (χ4v) is 2.98.